The molecule has 0 aliphatic carbocycles. The number of hydrogen-bond donors (Lipinski definition) is 1. The second-order valence-electron chi connectivity index (χ2n) is 5.86. The monoisotopic (exact) mass is 340 g/mol. The molecule has 0 aliphatic heterocycles. The van der Waals surface area contributed by atoms with E-state index < -0.39 is 0 Å². The molecule has 3 aromatic carbocycles. The van der Waals surface area contributed by atoms with Crippen LogP contribution in [0.4, 0.5) is 0 Å². The standard InChI is InChI=1S/C22H16N2O2/c25-20(16-9-3-1-4-10-16)15-21-23-19-14-8-7-13-18(19)22(26)24(21)17-11-5-2-6-12-17/h1-15,25H/b20-15-. The molecule has 26 heavy (non-hydrogen) atoms. The lowest BCUT2D eigenvalue weighted by Gasteiger charge is -2.12. The number of benzene rings is 3. The molecule has 4 nitrogen and oxygen atoms in total. The Morgan fingerprint density at radius 3 is 2.19 bits per heavy atom. The molecule has 1 aromatic heterocycles. The van der Waals surface area contributed by atoms with E-state index in [2.05, 4.69) is 4.98 Å². The molecular formula is C22H16N2O2. The van der Waals surface area contributed by atoms with E-state index >= 15 is 0 Å². The van der Waals surface area contributed by atoms with Gasteiger partial charge in [0.25, 0.3) is 5.56 Å². The van der Waals surface area contributed by atoms with E-state index in [4.69, 9.17) is 0 Å². The molecule has 0 atom stereocenters. The lowest BCUT2D eigenvalue weighted by atomic mass is 10.1. The normalized spacial score (nSPS) is 11.6. The van der Waals surface area contributed by atoms with Crippen LogP contribution < -0.4 is 5.56 Å². The molecule has 1 N–H and O–H groups in total. The van der Waals surface area contributed by atoms with Gasteiger partial charge in [0.15, 0.2) is 0 Å². The Bertz CT molecular complexity index is 1150. The van der Waals surface area contributed by atoms with Gasteiger partial charge in [0.2, 0.25) is 0 Å². The minimum atomic E-state index is -0.172. The third kappa shape index (κ3) is 2.89. The Morgan fingerprint density at radius 2 is 1.46 bits per heavy atom. The van der Waals surface area contributed by atoms with Gasteiger partial charge >= 0.3 is 0 Å². The molecule has 4 heteroatoms. The SMILES string of the molecule is O=c1c2ccccc2nc(/C=C(\O)c2ccccc2)n1-c1ccccc1. The van der Waals surface area contributed by atoms with E-state index in [0.29, 0.717) is 28.0 Å². The first kappa shape index (κ1) is 15.8. The van der Waals surface area contributed by atoms with Gasteiger partial charge in [-0.2, -0.15) is 0 Å². The molecule has 0 radical (unpaired) electrons. The Morgan fingerprint density at radius 1 is 0.846 bits per heavy atom. The summed E-state index contributed by atoms with van der Waals surface area (Å²) in [6, 6.07) is 25.7. The quantitative estimate of drug-likeness (QED) is 0.561. The van der Waals surface area contributed by atoms with Crippen LogP contribution in [0.5, 0.6) is 0 Å². The number of nitrogens with zero attached hydrogens (tertiary/aromatic N) is 2. The molecule has 0 aliphatic rings. The van der Waals surface area contributed by atoms with Gasteiger partial charge < -0.3 is 5.11 Å². The van der Waals surface area contributed by atoms with Crippen LogP contribution in [-0.2, 0) is 0 Å². The molecule has 4 rings (SSSR count). The van der Waals surface area contributed by atoms with Gasteiger partial charge in [0, 0.05) is 11.6 Å². The molecule has 0 saturated carbocycles. The average Bonchev–Trinajstić information content (AvgIpc) is 2.69. The third-order valence-electron chi connectivity index (χ3n) is 4.15. The molecule has 4 aromatic rings. The second-order valence-corrected chi connectivity index (χ2v) is 5.86. The Labute approximate surface area is 150 Å². The van der Waals surface area contributed by atoms with E-state index in [1.807, 2.05) is 60.7 Å². The highest BCUT2D eigenvalue weighted by Gasteiger charge is 2.12. The summed E-state index contributed by atoms with van der Waals surface area (Å²) < 4.78 is 1.52. The van der Waals surface area contributed by atoms with Crippen molar-refractivity contribution in [2.45, 2.75) is 0 Å². The van der Waals surface area contributed by atoms with E-state index in [1.165, 1.54) is 10.6 Å². The summed E-state index contributed by atoms with van der Waals surface area (Å²) >= 11 is 0. The first-order valence-corrected chi connectivity index (χ1v) is 8.27. The number of rotatable bonds is 3. The molecule has 1 heterocycles. The van der Waals surface area contributed by atoms with Crippen molar-refractivity contribution >= 4 is 22.7 Å². The zero-order valence-electron chi connectivity index (χ0n) is 13.9. The van der Waals surface area contributed by atoms with Crippen molar-refractivity contribution in [2.75, 3.05) is 0 Å². The van der Waals surface area contributed by atoms with Gasteiger partial charge in [0.05, 0.1) is 16.6 Å². The van der Waals surface area contributed by atoms with Crippen LogP contribution in [0.1, 0.15) is 11.4 Å². The average molecular weight is 340 g/mol. The molecule has 0 unspecified atom stereocenters. The van der Waals surface area contributed by atoms with Gasteiger partial charge in [-0.1, -0.05) is 60.7 Å². The van der Waals surface area contributed by atoms with Crippen LogP contribution in [-0.4, -0.2) is 14.7 Å². The van der Waals surface area contributed by atoms with Crippen LogP contribution in [0, 0.1) is 0 Å². The fraction of sp³-hybridized carbons (Fsp3) is 0. The fourth-order valence-electron chi connectivity index (χ4n) is 2.89. The van der Waals surface area contributed by atoms with Gasteiger partial charge in [-0.25, -0.2) is 4.98 Å². The predicted octanol–water partition coefficient (Wildman–Crippen LogP) is 4.44. The molecule has 126 valence electrons. The Kier molecular flexibility index (Phi) is 4.07. The number of aliphatic hydroxyl groups excluding tert-OH is 1. The van der Waals surface area contributed by atoms with Crippen molar-refractivity contribution in [3.8, 4) is 5.69 Å². The summed E-state index contributed by atoms with van der Waals surface area (Å²) in [5.74, 6) is 0.429. The number of aliphatic hydroxyl groups is 1. The number of aromatic nitrogens is 2. The maximum atomic E-state index is 13.1. The molecular weight excluding hydrogens is 324 g/mol. The van der Waals surface area contributed by atoms with Crippen molar-refractivity contribution < 1.29 is 5.11 Å². The van der Waals surface area contributed by atoms with E-state index in [1.54, 1.807) is 24.3 Å². The van der Waals surface area contributed by atoms with E-state index in [-0.39, 0.29) is 11.3 Å². The lowest BCUT2D eigenvalue weighted by molar-refractivity contribution is 0.515. The Balaban J connectivity index is 2.00. The van der Waals surface area contributed by atoms with Crippen LogP contribution in [0.2, 0.25) is 0 Å². The fourth-order valence-corrected chi connectivity index (χ4v) is 2.89. The summed E-state index contributed by atoms with van der Waals surface area (Å²) in [7, 11) is 0. The van der Waals surface area contributed by atoms with Crippen LogP contribution in [0.15, 0.2) is 89.7 Å². The molecule has 0 amide bonds. The molecule has 0 spiro atoms. The van der Waals surface area contributed by atoms with Gasteiger partial charge in [-0.15, -0.1) is 0 Å². The third-order valence-corrected chi connectivity index (χ3v) is 4.15. The zero-order chi connectivity index (χ0) is 17.9. The van der Waals surface area contributed by atoms with Crippen LogP contribution in [0.25, 0.3) is 28.4 Å². The van der Waals surface area contributed by atoms with E-state index in [9.17, 15) is 9.90 Å². The smallest absolute Gasteiger partial charge is 0.266 e. The first-order chi connectivity index (χ1) is 12.7. The highest BCUT2D eigenvalue weighted by molar-refractivity contribution is 5.81. The highest BCUT2D eigenvalue weighted by atomic mass is 16.3. The number of hydrogen-bond acceptors (Lipinski definition) is 3. The topological polar surface area (TPSA) is 55.1 Å². The van der Waals surface area contributed by atoms with Gasteiger partial charge in [0.1, 0.15) is 11.6 Å². The van der Waals surface area contributed by atoms with Gasteiger partial charge in [-0.05, 0) is 24.3 Å². The molecule has 0 bridgehead atoms. The van der Waals surface area contributed by atoms with Crippen molar-refractivity contribution in [1.29, 1.82) is 0 Å². The summed E-state index contributed by atoms with van der Waals surface area (Å²) in [6.07, 6.45) is 1.52. The summed E-state index contributed by atoms with van der Waals surface area (Å²) in [4.78, 5) is 17.7. The van der Waals surface area contributed by atoms with Crippen molar-refractivity contribution in [2.24, 2.45) is 0 Å². The highest BCUT2D eigenvalue weighted by Crippen LogP contribution is 2.18. The maximum absolute atomic E-state index is 13.1. The minimum absolute atomic E-state index is 0.0532. The predicted molar refractivity (Wildman–Crippen MR) is 104 cm³/mol. The lowest BCUT2D eigenvalue weighted by Crippen LogP contribution is -2.22. The zero-order valence-corrected chi connectivity index (χ0v) is 13.9. The second kappa shape index (κ2) is 6.69. The molecule has 0 fully saturated rings. The van der Waals surface area contributed by atoms with Crippen molar-refractivity contribution in [3.05, 3.63) is 107 Å². The summed E-state index contributed by atoms with van der Waals surface area (Å²) in [5, 5.41) is 11.0. The number of para-hydroxylation sites is 2. The molecule has 0 saturated heterocycles. The number of fused-ring (bicyclic) bond motifs is 1. The first-order valence-electron chi connectivity index (χ1n) is 8.27. The minimum Gasteiger partial charge on any atom is -0.507 e. The van der Waals surface area contributed by atoms with Crippen molar-refractivity contribution in [1.82, 2.24) is 9.55 Å². The van der Waals surface area contributed by atoms with Gasteiger partial charge in [-0.3, -0.25) is 9.36 Å². The van der Waals surface area contributed by atoms with E-state index in [0.717, 1.165) is 0 Å². The summed E-state index contributed by atoms with van der Waals surface area (Å²) in [6.45, 7) is 0. The summed E-state index contributed by atoms with van der Waals surface area (Å²) in [5.41, 5.74) is 1.78. The van der Waals surface area contributed by atoms with Crippen molar-refractivity contribution in [3.63, 3.8) is 0 Å². The largest absolute Gasteiger partial charge is 0.507 e. The van der Waals surface area contributed by atoms with Crippen LogP contribution >= 0.6 is 0 Å². The maximum Gasteiger partial charge on any atom is 0.266 e. The Hall–Kier alpha value is -3.66. The van der Waals surface area contributed by atoms with Crippen LogP contribution in [0.3, 0.4) is 0 Å².